The smallest absolute Gasteiger partial charge is 0.341 e. The van der Waals surface area contributed by atoms with Gasteiger partial charge in [0.15, 0.2) is 5.82 Å². The second-order valence-corrected chi connectivity index (χ2v) is 8.01. The van der Waals surface area contributed by atoms with Gasteiger partial charge in [0.05, 0.1) is 28.7 Å². The van der Waals surface area contributed by atoms with E-state index in [-0.39, 0.29) is 40.3 Å². The van der Waals surface area contributed by atoms with Crippen LogP contribution in [0.25, 0.3) is 16.7 Å². The highest BCUT2D eigenvalue weighted by molar-refractivity contribution is 5.94. The van der Waals surface area contributed by atoms with Gasteiger partial charge in [0, 0.05) is 25.4 Å². The summed E-state index contributed by atoms with van der Waals surface area (Å²) in [4.78, 5) is 38.0. The Morgan fingerprint density at radius 3 is 2.75 bits per heavy atom. The molecule has 0 saturated carbocycles. The van der Waals surface area contributed by atoms with Crippen LogP contribution in [0.2, 0.25) is 0 Å². The Balaban J connectivity index is 1.81. The summed E-state index contributed by atoms with van der Waals surface area (Å²) in [7, 11) is 0. The molecule has 10 nitrogen and oxygen atoms in total. The molecule has 3 atom stereocenters. The van der Waals surface area contributed by atoms with Crippen molar-refractivity contribution in [3.63, 3.8) is 0 Å². The van der Waals surface area contributed by atoms with Gasteiger partial charge in [0.25, 0.3) is 0 Å². The number of halogens is 1. The lowest BCUT2D eigenvalue weighted by atomic mass is 10.1. The van der Waals surface area contributed by atoms with Crippen molar-refractivity contribution >= 4 is 28.5 Å². The number of nitrogens with two attached hydrogens (primary N) is 1. The molecule has 1 saturated heterocycles. The van der Waals surface area contributed by atoms with Gasteiger partial charge in [-0.05, 0) is 25.0 Å². The molecule has 1 amide bonds. The van der Waals surface area contributed by atoms with Crippen molar-refractivity contribution in [2.75, 3.05) is 18.0 Å². The predicted molar refractivity (Wildman–Crippen MR) is 113 cm³/mol. The molecule has 4 rings (SSSR count). The van der Waals surface area contributed by atoms with Gasteiger partial charge < -0.3 is 25.6 Å². The minimum absolute atomic E-state index is 0.0277. The number of benzene rings is 1. The number of carboxylic acid groups (broad SMARTS) is 1. The van der Waals surface area contributed by atoms with E-state index in [1.807, 2.05) is 6.92 Å². The maximum absolute atomic E-state index is 15.1. The van der Waals surface area contributed by atoms with Crippen molar-refractivity contribution in [1.29, 1.82) is 0 Å². The molecule has 0 spiro atoms. The van der Waals surface area contributed by atoms with Gasteiger partial charge in [-0.3, -0.25) is 14.2 Å². The van der Waals surface area contributed by atoms with Crippen molar-refractivity contribution in [3.8, 4) is 5.82 Å². The molecule has 3 aromatic rings. The number of hydrogen-bond donors (Lipinski definition) is 3. The first-order valence-corrected chi connectivity index (χ1v) is 10.0. The van der Waals surface area contributed by atoms with E-state index in [1.54, 1.807) is 11.8 Å². The van der Waals surface area contributed by atoms with Crippen LogP contribution in [0.4, 0.5) is 10.1 Å². The zero-order valence-electron chi connectivity index (χ0n) is 17.4. The third-order valence-corrected chi connectivity index (χ3v) is 5.67. The second-order valence-electron chi connectivity index (χ2n) is 8.01. The molecule has 1 aromatic carbocycles. The number of anilines is 1. The Bertz CT molecular complexity index is 1250. The number of carboxylic acids is 1. The van der Waals surface area contributed by atoms with E-state index in [9.17, 15) is 19.5 Å². The van der Waals surface area contributed by atoms with E-state index in [0.717, 1.165) is 12.3 Å². The minimum atomic E-state index is -1.43. The van der Waals surface area contributed by atoms with Crippen LogP contribution in [0.1, 0.15) is 24.2 Å². The second kappa shape index (κ2) is 8.08. The summed E-state index contributed by atoms with van der Waals surface area (Å²) >= 11 is 0. The largest absolute Gasteiger partial charge is 0.477 e. The molecule has 0 unspecified atom stereocenters. The first-order chi connectivity index (χ1) is 15.2. The van der Waals surface area contributed by atoms with Crippen LogP contribution in [-0.2, 0) is 4.79 Å². The van der Waals surface area contributed by atoms with Gasteiger partial charge in [0.2, 0.25) is 11.3 Å². The monoisotopic (exact) mass is 443 g/mol. The Morgan fingerprint density at radius 1 is 1.38 bits per heavy atom. The number of fused-ring (bicyclic) bond motifs is 1. The van der Waals surface area contributed by atoms with Crippen LogP contribution in [-0.4, -0.2) is 51.9 Å². The van der Waals surface area contributed by atoms with Crippen molar-refractivity contribution in [3.05, 3.63) is 52.3 Å². The van der Waals surface area contributed by atoms with E-state index in [4.69, 9.17) is 10.3 Å². The number of aromatic carboxylic acids is 1. The molecule has 2 aromatic heterocycles. The number of nitrogens with one attached hydrogen (secondary N) is 1. The Kier molecular flexibility index (Phi) is 5.43. The molecule has 0 aliphatic carbocycles. The maximum atomic E-state index is 15.1. The molecule has 0 radical (unpaired) electrons. The molecular formula is C21H22FN5O5. The third-order valence-electron chi connectivity index (χ3n) is 5.67. The fourth-order valence-electron chi connectivity index (χ4n) is 3.91. The number of nitrogens with zero attached hydrogens (tertiary/aromatic N) is 3. The molecule has 168 valence electrons. The number of carbonyl (C=O) groups is 2. The number of rotatable bonds is 5. The van der Waals surface area contributed by atoms with Gasteiger partial charge in [-0.25, -0.2) is 9.18 Å². The Hall–Kier alpha value is -3.73. The maximum Gasteiger partial charge on any atom is 0.341 e. The van der Waals surface area contributed by atoms with Gasteiger partial charge in [-0.15, -0.1) is 0 Å². The van der Waals surface area contributed by atoms with Gasteiger partial charge in [0.1, 0.15) is 17.6 Å². The molecule has 32 heavy (non-hydrogen) atoms. The summed E-state index contributed by atoms with van der Waals surface area (Å²) in [6.07, 6.45) is 2.45. The zero-order valence-corrected chi connectivity index (χ0v) is 17.4. The van der Waals surface area contributed by atoms with E-state index in [1.165, 1.54) is 23.0 Å². The fraction of sp³-hybridized carbons (Fsp3) is 0.333. The van der Waals surface area contributed by atoms with E-state index in [2.05, 4.69) is 10.5 Å². The SMILES string of the molecule is C[C@H](N)C(=O)N[C@@H]1CN(c2cc3c(cc2F)c(=O)c(C(=O)O)cn3-c2ccon2)C[C@@H]1C. The van der Waals surface area contributed by atoms with Crippen LogP contribution in [0.5, 0.6) is 0 Å². The van der Waals surface area contributed by atoms with E-state index in [0.29, 0.717) is 13.1 Å². The van der Waals surface area contributed by atoms with Gasteiger partial charge >= 0.3 is 5.97 Å². The normalized spacial score (nSPS) is 19.3. The highest BCUT2D eigenvalue weighted by Crippen LogP contribution is 2.30. The average Bonchev–Trinajstić information content (AvgIpc) is 3.38. The first kappa shape index (κ1) is 21.5. The number of aromatic nitrogens is 2. The summed E-state index contributed by atoms with van der Waals surface area (Å²) in [5.41, 5.74) is 4.82. The first-order valence-electron chi connectivity index (χ1n) is 10.0. The van der Waals surface area contributed by atoms with Crippen LogP contribution < -0.4 is 21.4 Å². The summed E-state index contributed by atoms with van der Waals surface area (Å²) in [6, 6.07) is 3.13. The summed E-state index contributed by atoms with van der Waals surface area (Å²) in [5.74, 6) is -2.12. The van der Waals surface area contributed by atoms with Crippen LogP contribution in [0.15, 0.2) is 40.0 Å². The molecule has 4 N–H and O–H groups in total. The molecule has 1 aliphatic rings. The molecule has 3 heterocycles. The third kappa shape index (κ3) is 3.71. The summed E-state index contributed by atoms with van der Waals surface area (Å²) in [5, 5.41) is 16.0. The van der Waals surface area contributed by atoms with Crippen molar-refractivity contribution in [2.24, 2.45) is 11.7 Å². The van der Waals surface area contributed by atoms with E-state index < -0.39 is 28.8 Å². The van der Waals surface area contributed by atoms with Gasteiger partial charge in [-0.1, -0.05) is 12.1 Å². The topological polar surface area (TPSA) is 144 Å². The summed E-state index contributed by atoms with van der Waals surface area (Å²) in [6.45, 7) is 4.34. The highest BCUT2D eigenvalue weighted by Gasteiger charge is 2.33. The van der Waals surface area contributed by atoms with Gasteiger partial charge in [-0.2, -0.15) is 0 Å². The van der Waals surface area contributed by atoms with Crippen molar-refractivity contribution in [1.82, 2.24) is 15.0 Å². The highest BCUT2D eigenvalue weighted by atomic mass is 19.1. The number of amides is 1. The number of carbonyl (C=O) groups excluding carboxylic acids is 1. The lowest BCUT2D eigenvalue weighted by Gasteiger charge is -2.21. The standard InChI is InChI=1S/C21H22FN5O5/c1-10-7-26(9-15(10)24-20(29)11(2)23)17-6-16-12(5-14(17)22)19(28)13(21(30)31)8-27(16)18-3-4-32-25-18/h3-6,8,10-11,15H,7,9,23H2,1-2H3,(H,24,29)(H,30,31)/t10-,11-,15+/m0/s1. The number of hydrogen-bond acceptors (Lipinski definition) is 7. The zero-order chi connectivity index (χ0) is 23.2. The molecular weight excluding hydrogens is 421 g/mol. The molecule has 1 fully saturated rings. The predicted octanol–water partition coefficient (Wildman–Crippen LogP) is 1.10. The molecule has 11 heteroatoms. The molecule has 1 aliphatic heterocycles. The quantitative estimate of drug-likeness (QED) is 0.532. The minimum Gasteiger partial charge on any atom is -0.477 e. The molecule has 0 bridgehead atoms. The number of pyridine rings is 1. The fourth-order valence-corrected chi connectivity index (χ4v) is 3.91. The Labute approximate surface area is 181 Å². The van der Waals surface area contributed by atoms with E-state index >= 15 is 4.39 Å². The van der Waals surface area contributed by atoms with Crippen molar-refractivity contribution < 1.29 is 23.6 Å². The average molecular weight is 443 g/mol. The van der Waals surface area contributed by atoms with Crippen LogP contribution in [0.3, 0.4) is 0 Å². The van der Waals surface area contributed by atoms with Crippen LogP contribution in [0, 0.1) is 11.7 Å². The van der Waals surface area contributed by atoms with Crippen LogP contribution >= 0.6 is 0 Å². The summed E-state index contributed by atoms with van der Waals surface area (Å²) < 4.78 is 21.4. The Morgan fingerprint density at radius 2 is 2.12 bits per heavy atom. The lowest BCUT2D eigenvalue weighted by Crippen LogP contribution is -2.46. The van der Waals surface area contributed by atoms with Crippen molar-refractivity contribution in [2.45, 2.75) is 25.9 Å². The lowest BCUT2D eigenvalue weighted by molar-refractivity contribution is -0.122.